The lowest BCUT2D eigenvalue weighted by molar-refractivity contribution is 0.178. The maximum atomic E-state index is 5.68. The molecule has 2 aromatic rings. The standard InChI is InChI=1S/C11H15N5O2/c1-7-3-8(16-18-7)5-13-10-4-9(12)14-11(15-10)6-17-2/h3-4H,5-6H2,1-2H3,(H3,12,13,14,15). The number of nitrogens with one attached hydrogen (secondary N) is 1. The van der Waals surface area contributed by atoms with E-state index in [0.717, 1.165) is 11.5 Å². The summed E-state index contributed by atoms with van der Waals surface area (Å²) in [6.45, 7) is 2.68. The summed E-state index contributed by atoms with van der Waals surface area (Å²) in [6.07, 6.45) is 0. The van der Waals surface area contributed by atoms with E-state index in [1.165, 1.54) is 0 Å². The molecule has 0 aliphatic carbocycles. The van der Waals surface area contributed by atoms with E-state index in [1.807, 2.05) is 13.0 Å². The Morgan fingerprint density at radius 3 is 2.89 bits per heavy atom. The Kier molecular flexibility index (Phi) is 3.73. The van der Waals surface area contributed by atoms with Gasteiger partial charge >= 0.3 is 0 Å². The third-order valence-corrected chi connectivity index (χ3v) is 2.19. The van der Waals surface area contributed by atoms with Crippen molar-refractivity contribution in [2.24, 2.45) is 0 Å². The fourth-order valence-corrected chi connectivity index (χ4v) is 1.48. The number of nitrogen functional groups attached to an aromatic ring is 1. The fourth-order valence-electron chi connectivity index (χ4n) is 1.48. The number of anilines is 2. The van der Waals surface area contributed by atoms with Crippen molar-refractivity contribution in [1.29, 1.82) is 0 Å². The molecule has 0 saturated carbocycles. The summed E-state index contributed by atoms with van der Waals surface area (Å²) < 4.78 is 9.94. The molecule has 0 spiro atoms. The molecule has 7 heteroatoms. The summed E-state index contributed by atoms with van der Waals surface area (Å²) >= 11 is 0. The Bertz CT molecular complexity index is 526. The summed E-state index contributed by atoms with van der Waals surface area (Å²) in [5.41, 5.74) is 6.49. The predicted molar refractivity (Wildman–Crippen MR) is 65.7 cm³/mol. The highest BCUT2D eigenvalue weighted by atomic mass is 16.5. The Morgan fingerprint density at radius 1 is 1.39 bits per heavy atom. The second-order valence-corrected chi connectivity index (χ2v) is 3.81. The van der Waals surface area contributed by atoms with Gasteiger partial charge in [-0.3, -0.25) is 0 Å². The maximum Gasteiger partial charge on any atom is 0.158 e. The molecule has 18 heavy (non-hydrogen) atoms. The zero-order valence-corrected chi connectivity index (χ0v) is 10.3. The number of ether oxygens (including phenoxy) is 1. The number of methoxy groups -OCH3 is 1. The van der Waals surface area contributed by atoms with E-state index in [1.54, 1.807) is 13.2 Å². The fraction of sp³-hybridized carbons (Fsp3) is 0.364. The Labute approximate surface area is 104 Å². The predicted octanol–water partition coefficient (Wildman–Crippen LogP) is 1.11. The van der Waals surface area contributed by atoms with Crippen molar-refractivity contribution in [3.63, 3.8) is 0 Å². The van der Waals surface area contributed by atoms with Crippen LogP contribution in [-0.4, -0.2) is 22.2 Å². The average molecular weight is 249 g/mol. The number of rotatable bonds is 5. The zero-order valence-electron chi connectivity index (χ0n) is 10.3. The summed E-state index contributed by atoms with van der Waals surface area (Å²) in [7, 11) is 1.58. The summed E-state index contributed by atoms with van der Waals surface area (Å²) in [5.74, 6) is 2.34. The van der Waals surface area contributed by atoms with Gasteiger partial charge in [-0.2, -0.15) is 0 Å². The van der Waals surface area contributed by atoms with Gasteiger partial charge in [0.1, 0.15) is 29.7 Å². The van der Waals surface area contributed by atoms with Crippen LogP contribution >= 0.6 is 0 Å². The monoisotopic (exact) mass is 249 g/mol. The highest BCUT2D eigenvalue weighted by Gasteiger charge is 2.04. The van der Waals surface area contributed by atoms with Gasteiger partial charge in [0.25, 0.3) is 0 Å². The lowest BCUT2D eigenvalue weighted by Crippen LogP contribution is -2.07. The van der Waals surface area contributed by atoms with Gasteiger partial charge in [-0.15, -0.1) is 0 Å². The number of nitrogens with zero attached hydrogens (tertiary/aromatic N) is 3. The molecule has 2 rings (SSSR count). The molecule has 96 valence electrons. The van der Waals surface area contributed by atoms with Crippen LogP contribution in [0.4, 0.5) is 11.6 Å². The summed E-state index contributed by atoms with van der Waals surface area (Å²) in [4.78, 5) is 8.31. The first kappa shape index (κ1) is 12.3. The van der Waals surface area contributed by atoms with E-state index in [-0.39, 0.29) is 0 Å². The molecule has 0 aliphatic rings. The van der Waals surface area contributed by atoms with Crippen LogP contribution in [0.1, 0.15) is 17.3 Å². The molecule has 0 atom stereocenters. The number of nitrogens with two attached hydrogens (primary N) is 1. The van der Waals surface area contributed by atoms with Crippen molar-refractivity contribution in [2.75, 3.05) is 18.2 Å². The van der Waals surface area contributed by atoms with E-state index in [4.69, 9.17) is 15.0 Å². The number of aryl methyl sites for hydroxylation is 1. The van der Waals surface area contributed by atoms with Crippen molar-refractivity contribution in [3.05, 3.63) is 29.4 Å². The highest BCUT2D eigenvalue weighted by molar-refractivity contribution is 5.44. The highest BCUT2D eigenvalue weighted by Crippen LogP contribution is 2.11. The number of hydrogen-bond donors (Lipinski definition) is 2. The molecule has 0 fully saturated rings. The van der Waals surface area contributed by atoms with Crippen molar-refractivity contribution >= 4 is 11.6 Å². The van der Waals surface area contributed by atoms with Crippen LogP contribution in [-0.2, 0) is 17.9 Å². The van der Waals surface area contributed by atoms with Crippen molar-refractivity contribution in [3.8, 4) is 0 Å². The molecule has 2 heterocycles. The normalized spacial score (nSPS) is 10.6. The van der Waals surface area contributed by atoms with Gasteiger partial charge in [-0.05, 0) is 6.92 Å². The maximum absolute atomic E-state index is 5.68. The first-order valence-electron chi connectivity index (χ1n) is 5.46. The van der Waals surface area contributed by atoms with E-state index in [9.17, 15) is 0 Å². The third kappa shape index (κ3) is 3.17. The van der Waals surface area contributed by atoms with Crippen LogP contribution in [0.5, 0.6) is 0 Å². The van der Waals surface area contributed by atoms with Crippen LogP contribution in [0, 0.1) is 6.92 Å². The molecule has 0 aromatic carbocycles. The van der Waals surface area contributed by atoms with Gasteiger partial charge in [0, 0.05) is 19.2 Å². The van der Waals surface area contributed by atoms with E-state index in [2.05, 4.69) is 20.4 Å². The SMILES string of the molecule is COCc1nc(N)cc(NCc2cc(C)on2)n1. The van der Waals surface area contributed by atoms with Crippen LogP contribution in [0.15, 0.2) is 16.7 Å². The molecule has 2 aromatic heterocycles. The van der Waals surface area contributed by atoms with Gasteiger partial charge in [0.2, 0.25) is 0 Å². The molecular formula is C11H15N5O2. The third-order valence-electron chi connectivity index (χ3n) is 2.19. The first-order valence-corrected chi connectivity index (χ1v) is 5.46. The van der Waals surface area contributed by atoms with Gasteiger partial charge in [0.15, 0.2) is 5.82 Å². The summed E-state index contributed by atoms with van der Waals surface area (Å²) in [5, 5.41) is 6.98. The van der Waals surface area contributed by atoms with Crippen LogP contribution in [0.25, 0.3) is 0 Å². The van der Waals surface area contributed by atoms with E-state index in [0.29, 0.717) is 30.6 Å². The topological polar surface area (TPSA) is 99.1 Å². The molecule has 0 amide bonds. The number of hydrogen-bond acceptors (Lipinski definition) is 7. The largest absolute Gasteiger partial charge is 0.384 e. The molecule has 7 nitrogen and oxygen atoms in total. The molecular weight excluding hydrogens is 234 g/mol. The van der Waals surface area contributed by atoms with E-state index < -0.39 is 0 Å². The Balaban J connectivity index is 2.04. The van der Waals surface area contributed by atoms with Gasteiger partial charge < -0.3 is 20.3 Å². The Morgan fingerprint density at radius 2 is 2.22 bits per heavy atom. The van der Waals surface area contributed by atoms with Gasteiger partial charge in [-0.25, -0.2) is 9.97 Å². The number of aromatic nitrogens is 3. The molecule has 0 bridgehead atoms. The summed E-state index contributed by atoms with van der Waals surface area (Å²) in [6, 6.07) is 3.51. The second-order valence-electron chi connectivity index (χ2n) is 3.81. The lowest BCUT2D eigenvalue weighted by atomic mass is 10.4. The smallest absolute Gasteiger partial charge is 0.158 e. The van der Waals surface area contributed by atoms with Crippen LogP contribution in [0.2, 0.25) is 0 Å². The minimum atomic E-state index is 0.322. The van der Waals surface area contributed by atoms with Crippen molar-refractivity contribution in [1.82, 2.24) is 15.1 Å². The van der Waals surface area contributed by atoms with Gasteiger partial charge in [-0.1, -0.05) is 5.16 Å². The lowest BCUT2D eigenvalue weighted by Gasteiger charge is -2.06. The molecule has 0 unspecified atom stereocenters. The molecule has 0 aliphatic heterocycles. The quantitative estimate of drug-likeness (QED) is 0.818. The minimum Gasteiger partial charge on any atom is -0.384 e. The zero-order chi connectivity index (χ0) is 13.0. The molecule has 0 saturated heterocycles. The van der Waals surface area contributed by atoms with Gasteiger partial charge in [0.05, 0.1) is 6.54 Å². The first-order chi connectivity index (χ1) is 8.67. The van der Waals surface area contributed by atoms with Crippen molar-refractivity contribution < 1.29 is 9.26 Å². The second kappa shape index (κ2) is 5.46. The Hall–Kier alpha value is -2.15. The molecule has 3 N–H and O–H groups in total. The average Bonchev–Trinajstić information content (AvgIpc) is 2.72. The van der Waals surface area contributed by atoms with E-state index >= 15 is 0 Å². The van der Waals surface area contributed by atoms with Crippen LogP contribution < -0.4 is 11.1 Å². The van der Waals surface area contributed by atoms with Crippen molar-refractivity contribution in [2.45, 2.75) is 20.1 Å². The molecule has 0 radical (unpaired) electrons. The minimum absolute atomic E-state index is 0.322. The van der Waals surface area contributed by atoms with Crippen LogP contribution in [0.3, 0.4) is 0 Å².